The number of carbonyl (C=O) groups excluding carboxylic acids is 1. The molecule has 2 aromatic rings. The fourth-order valence-electron chi connectivity index (χ4n) is 3.44. The summed E-state index contributed by atoms with van der Waals surface area (Å²) < 4.78 is 8.10. The van der Waals surface area contributed by atoms with Crippen LogP contribution in [0.1, 0.15) is 57.4 Å². The normalized spacial score (nSPS) is 13.2. The Hall–Kier alpha value is -2.47. The summed E-state index contributed by atoms with van der Waals surface area (Å²) in [5, 5.41) is 2.89. The molecule has 1 aromatic heterocycles. The molecular formula is C24H31N3O2S. The summed E-state index contributed by atoms with van der Waals surface area (Å²) in [4.78, 5) is 18.4. The molecule has 0 radical (unpaired) electrons. The largest absolute Gasteiger partial charge is 0.490 e. The van der Waals surface area contributed by atoms with E-state index >= 15 is 0 Å². The second-order valence-corrected chi connectivity index (χ2v) is 8.57. The second-order valence-electron chi connectivity index (χ2n) is 7.40. The summed E-state index contributed by atoms with van der Waals surface area (Å²) in [7, 11) is 1.89. The monoisotopic (exact) mass is 425 g/mol. The van der Waals surface area contributed by atoms with Crippen molar-refractivity contribution in [3.05, 3.63) is 59.9 Å². The summed E-state index contributed by atoms with van der Waals surface area (Å²) in [5.74, 6) is 0.956. The standard InChI is InChI=1S/C24H31N3O2S/c1-3-4-5-6-7-8-13-18-29-23-19-14-9-10-15-20(19)30-27(2)22(23)24(28)26-21-16-11-12-17-25-21/h9-12,14-17H,3-8,13,18H2,1-2H3,(H,25,26,28). The number of anilines is 1. The van der Waals surface area contributed by atoms with Crippen molar-refractivity contribution in [1.29, 1.82) is 0 Å². The molecule has 5 nitrogen and oxygen atoms in total. The third-order valence-corrected chi connectivity index (χ3v) is 6.02. The van der Waals surface area contributed by atoms with E-state index < -0.39 is 0 Å². The molecule has 2 heterocycles. The van der Waals surface area contributed by atoms with Crippen LogP contribution in [0.25, 0.3) is 5.76 Å². The molecule has 0 atom stereocenters. The third-order valence-electron chi connectivity index (χ3n) is 5.01. The molecule has 160 valence electrons. The van der Waals surface area contributed by atoms with E-state index in [1.165, 1.54) is 44.1 Å². The van der Waals surface area contributed by atoms with Gasteiger partial charge in [0.25, 0.3) is 5.91 Å². The van der Waals surface area contributed by atoms with Crippen LogP contribution in [0.15, 0.2) is 59.3 Å². The Morgan fingerprint density at radius 3 is 2.53 bits per heavy atom. The average molecular weight is 426 g/mol. The van der Waals surface area contributed by atoms with Crippen molar-refractivity contribution < 1.29 is 9.53 Å². The Morgan fingerprint density at radius 2 is 1.77 bits per heavy atom. The lowest BCUT2D eigenvalue weighted by Crippen LogP contribution is -2.28. The number of benzene rings is 1. The highest BCUT2D eigenvalue weighted by atomic mass is 32.2. The van der Waals surface area contributed by atoms with Crippen LogP contribution in [0.4, 0.5) is 5.82 Å². The molecule has 0 unspecified atom stereocenters. The molecular weight excluding hydrogens is 394 g/mol. The van der Waals surface area contributed by atoms with E-state index in [0.717, 1.165) is 23.3 Å². The number of pyridine rings is 1. The van der Waals surface area contributed by atoms with Gasteiger partial charge in [-0.25, -0.2) is 4.98 Å². The SMILES string of the molecule is CCCCCCCCCOC1=C(C(=O)Nc2ccccn2)N(C)Sc2ccccc21. The highest BCUT2D eigenvalue weighted by Crippen LogP contribution is 2.40. The molecule has 0 aliphatic carbocycles. The van der Waals surface area contributed by atoms with E-state index in [0.29, 0.717) is 23.9 Å². The van der Waals surface area contributed by atoms with Crippen LogP contribution >= 0.6 is 11.9 Å². The Bertz CT molecular complexity index is 855. The van der Waals surface area contributed by atoms with Crippen LogP contribution in [-0.2, 0) is 9.53 Å². The lowest BCUT2D eigenvalue weighted by Gasteiger charge is -2.29. The maximum Gasteiger partial charge on any atom is 0.277 e. The minimum atomic E-state index is -0.215. The molecule has 30 heavy (non-hydrogen) atoms. The lowest BCUT2D eigenvalue weighted by molar-refractivity contribution is -0.113. The fraction of sp³-hybridized carbons (Fsp3) is 0.417. The number of nitrogens with zero attached hydrogens (tertiary/aromatic N) is 2. The number of carbonyl (C=O) groups is 1. The molecule has 6 heteroatoms. The number of likely N-dealkylation sites (N-methyl/N-ethyl adjacent to an activating group) is 1. The number of fused-ring (bicyclic) bond motifs is 1. The first-order valence-corrected chi connectivity index (χ1v) is 11.6. The van der Waals surface area contributed by atoms with Crippen LogP contribution in [0, 0.1) is 0 Å². The van der Waals surface area contributed by atoms with Crippen molar-refractivity contribution in [1.82, 2.24) is 9.29 Å². The number of rotatable bonds is 11. The van der Waals surface area contributed by atoms with Gasteiger partial charge in [-0.2, -0.15) is 0 Å². The molecule has 0 fully saturated rings. The number of aromatic nitrogens is 1. The first kappa shape index (κ1) is 22.2. The van der Waals surface area contributed by atoms with E-state index in [4.69, 9.17) is 4.74 Å². The van der Waals surface area contributed by atoms with Crippen LogP contribution in [-0.4, -0.2) is 28.9 Å². The maximum absolute atomic E-state index is 13.1. The van der Waals surface area contributed by atoms with Gasteiger partial charge >= 0.3 is 0 Å². The Labute approximate surface area is 184 Å². The van der Waals surface area contributed by atoms with Gasteiger partial charge in [0.05, 0.1) is 6.61 Å². The Morgan fingerprint density at radius 1 is 1.03 bits per heavy atom. The molecule has 3 rings (SSSR count). The topological polar surface area (TPSA) is 54.5 Å². The average Bonchev–Trinajstić information content (AvgIpc) is 2.76. The minimum absolute atomic E-state index is 0.215. The van der Waals surface area contributed by atoms with E-state index in [9.17, 15) is 4.79 Å². The number of amides is 1. The summed E-state index contributed by atoms with van der Waals surface area (Å²) in [6.45, 7) is 2.84. The van der Waals surface area contributed by atoms with Crippen LogP contribution < -0.4 is 5.32 Å². The van der Waals surface area contributed by atoms with Gasteiger partial charge in [0.2, 0.25) is 0 Å². The van der Waals surface area contributed by atoms with Gasteiger partial charge in [0, 0.05) is 23.7 Å². The van der Waals surface area contributed by atoms with Crippen LogP contribution in [0.3, 0.4) is 0 Å². The predicted octanol–water partition coefficient (Wildman–Crippen LogP) is 6.11. The van der Waals surface area contributed by atoms with Crippen LogP contribution in [0.2, 0.25) is 0 Å². The van der Waals surface area contributed by atoms with Gasteiger partial charge in [0.1, 0.15) is 5.82 Å². The first-order valence-electron chi connectivity index (χ1n) is 10.8. The fourth-order valence-corrected chi connectivity index (χ4v) is 4.39. The van der Waals surface area contributed by atoms with Crippen molar-refractivity contribution >= 4 is 29.4 Å². The molecule has 1 aliphatic rings. The molecule has 1 aliphatic heterocycles. The molecule has 0 bridgehead atoms. The van der Waals surface area contributed by atoms with Gasteiger partial charge in [-0.1, -0.05) is 63.6 Å². The van der Waals surface area contributed by atoms with E-state index in [-0.39, 0.29) is 5.91 Å². The third kappa shape index (κ3) is 6.02. The van der Waals surface area contributed by atoms with E-state index in [1.807, 2.05) is 41.7 Å². The van der Waals surface area contributed by atoms with Gasteiger partial charge in [-0.3, -0.25) is 4.79 Å². The second kappa shape index (κ2) is 11.6. The number of hydrogen-bond donors (Lipinski definition) is 1. The highest BCUT2D eigenvalue weighted by Gasteiger charge is 2.30. The van der Waals surface area contributed by atoms with Crippen molar-refractivity contribution in [3.63, 3.8) is 0 Å². The molecule has 0 saturated carbocycles. The zero-order valence-corrected chi connectivity index (χ0v) is 18.7. The molecule has 0 saturated heterocycles. The number of unbranched alkanes of at least 4 members (excludes halogenated alkanes) is 6. The number of nitrogens with one attached hydrogen (secondary N) is 1. The van der Waals surface area contributed by atoms with Gasteiger partial charge in [-0.05, 0) is 42.6 Å². The summed E-state index contributed by atoms with van der Waals surface area (Å²) in [6.07, 6.45) is 10.2. The molecule has 0 spiro atoms. The van der Waals surface area contributed by atoms with Gasteiger partial charge in [-0.15, -0.1) is 0 Å². The van der Waals surface area contributed by atoms with Crippen molar-refractivity contribution in [2.75, 3.05) is 19.0 Å². The Balaban J connectivity index is 1.71. The smallest absolute Gasteiger partial charge is 0.277 e. The highest BCUT2D eigenvalue weighted by molar-refractivity contribution is 7.97. The molecule has 1 amide bonds. The van der Waals surface area contributed by atoms with Crippen molar-refractivity contribution in [2.24, 2.45) is 0 Å². The van der Waals surface area contributed by atoms with Gasteiger partial charge in [0.15, 0.2) is 11.5 Å². The zero-order chi connectivity index (χ0) is 21.2. The van der Waals surface area contributed by atoms with Gasteiger partial charge < -0.3 is 14.4 Å². The van der Waals surface area contributed by atoms with Crippen molar-refractivity contribution in [3.8, 4) is 0 Å². The quantitative estimate of drug-likeness (QED) is 0.348. The Kier molecular flexibility index (Phi) is 8.63. The number of ether oxygens (including phenoxy) is 1. The first-order chi connectivity index (χ1) is 14.7. The van der Waals surface area contributed by atoms with Crippen LogP contribution in [0.5, 0.6) is 0 Å². The maximum atomic E-state index is 13.1. The van der Waals surface area contributed by atoms with Crippen molar-refractivity contribution in [2.45, 2.75) is 56.8 Å². The number of hydrogen-bond acceptors (Lipinski definition) is 5. The summed E-state index contributed by atoms with van der Waals surface area (Å²) in [6, 6.07) is 13.5. The minimum Gasteiger partial charge on any atom is -0.490 e. The summed E-state index contributed by atoms with van der Waals surface area (Å²) >= 11 is 1.53. The summed E-state index contributed by atoms with van der Waals surface area (Å²) in [5.41, 5.74) is 1.49. The van der Waals surface area contributed by atoms with E-state index in [1.54, 1.807) is 12.3 Å². The zero-order valence-electron chi connectivity index (χ0n) is 17.9. The van der Waals surface area contributed by atoms with E-state index in [2.05, 4.69) is 23.3 Å². The molecule has 1 N–H and O–H groups in total. The molecule has 1 aromatic carbocycles. The predicted molar refractivity (Wildman–Crippen MR) is 124 cm³/mol. The lowest BCUT2D eigenvalue weighted by atomic mass is 10.1.